The van der Waals surface area contributed by atoms with Crippen LogP contribution in [0.3, 0.4) is 0 Å². The first-order valence-electron chi connectivity index (χ1n) is 4.93. The Morgan fingerprint density at radius 1 is 1.07 bits per heavy atom. The summed E-state index contributed by atoms with van der Waals surface area (Å²) < 4.78 is 5.26. The average Bonchev–Trinajstić information content (AvgIpc) is 2.01. The Labute approximate surface area is 91.6 Å². The minimum Gasteiger partial charge on any atom is -0.435 e. The van der Waals surface area contributed by atoms with Crippen LogP contribution in [0.5, 0.6) is 0 Å². The fourth-order valence-corrected chi connectivity index (χ4v) is 1.02. The molecule has 88 valence electrons. The lowest BCUT2D eigenvalue weighted by molar-refractivity contribution is -0.145. The van der Waals surface area contributed by atoms with Crippen molar-refractivity contribution in [3.05, 3.63) is 0 Å². The van der Waals surface area contributed by atoms with E-state index >= 15 is 0 Å². The molecule has 0 aromatic heterocycles. The molecule has 0 aliphatic carbocycles. The van der Waals surface area contributed by atoms with E-state index in [1.54, 1.807) is 21.0 Å². The topological polar surface area (TPSA) is 46.6 Å². The van der Waals surface area contributed by atoms with Gasteiger partial charge in [0.05, 0.1) is 0 Å². The summed E-state index contributed by atoms with van der Waals surface area (Å²) in [5.74, 6) is -0.148. The molecule has 0 aliphatic rings. The molecule has 0 saturated heterocycles. The SMILES string of the molecule is CC(=O)C(C)(OC(=O)N(C)C)C(C)(C)C. The van der Waals surface area contributed by atoms with Crippen molar-refractivity contribution >= 4 is 11.9 Å². The minimum absolute atomic E-state index is 0.148. The van der Waals surface area contributed by atoms with Gasteiger partial charge in [-0.3, -0.25) is 4.79 Å². The van der Waals surface area contributed by atoms with Gasteiger partial charge in [0.15, 0.2) is 11.4 Å². The van der Waals surface area contributed by atoms with E-state index in [0.29, 0.717) is 0 Å². The van der Waals surface area contributed by atoms with E-state index in [1.807, 2.05) is 20.8 Å². The van der Waals surface area contributed by atoms with Crippen LogP contribution < -0.4 is 0 Å². The number of ether oxygens (including phenoxy) is 1. The minimum atomic E-state index is -1.09. The van der Waals surface area contributed by atoms with Crippen molar-refractivity contribution in [2.45, 2.75) is 40.2 Å². The van der Waals surface area contributed by atoms with E-state index < -0.39 is 17.1 Å². The first-order valence-corrected chi connectivity index (χ1v) is 4.93. The molecule has 0 saturated carbocycles. The Hall–Kier alpha value is -1.06. The highest BCUT2D eigenvalue weighted by molar-refractivity contribution is 5.87. The molecule has 0 aromatic rings. The van der Waals surface area contributed by atoms with Crippen molar-refractivity contribution in [1.29, 1.82) is 0 Å². The maximum atomic E-state index is 11.6. The molecule has 0 fully saturated rings. The number of Topliss-reactive ketones (excluding diaryl/α,β-unsaturated/α-hetero) is 1. The maximum Gasteiger partial charge on any atom is 0.410 e. The number of hydrogen-bond acceptors (Lipinski definition) is 3. The summed E-state index contributed by atoms with van der Waals surface area (Å²) in [6, 6.07) is 0. The maximum absolute atomic E-state index is 11.6. The Balaban J connectivity index is 5.01. The smallest absolute Gasteiger partial charge is 0.410 e. The fraction of sp³-hybridized carbons (Fsp3) is 0.818. The van der Waals surface area contributed by atoms with Crippen LogP contribution >= 0.6 is 0 Å². The lowest BCUT2D eigenvalue weighted by atomic mass is 9.75. The lowest BCUT2D eigenvalue weighted by Gasteiger charge is -2.39. The van der Waals surface area contributed by atoms with Gasteiger partial charge in [0, 0.05) is 19.5 Å². The van der Waals surface area contributed by atoms with Gasteiger partial charge in [-0.05, 0) is 13.8 Å². The van der Waals surface area contributed by atoms with Gasteiger partial charge in [-0.25, -0.2) is 4.79 Å². The van der Waals surface area contributed by atoms with Gasteiger partial charge in [-0.1, -0.05) is 20.8 Å². The number of rotatable bonds is 2. The van der Waals surface area contributed by atoms with E-state index in [1.165, 1.54) is 11.8 Å². The predicted octanol–water partition coefficient (Wildman–Crippen LogP) is 2.08. The summed E-state index contributed by atoms with van der Waals surface area (Å²) in [5, 5.41) is 0. The zero-order chi connectivity index (χ0) is 12.4. The normalized spacial score (nSPS) is 15.4. The van der Waals surface area contributed by atoms with Gasteiger partial charge in [0.1, 0.15) is 0 Å². The standard InChI is InChI=1S/C11H21NO3/c1-8(13)11(5,10(2,3)4)15-9(14)12(6)7/h1-7H3. The van der Waals surface area contributed by atoms with E-state index in [9.17, 15) is 9.59 Å². The molecule has 0 radical (unpaired) electrons. The lowest BCUT2D eigenvalue weighted by Crippen LogP contribution is -2.51. The van der Waals surface area contributed by atoms with E-state index in [4.69, 9.17) is 4.74 Å². The Kier molecular flexibility index (Phi) is 3.91. The number of nitrogens with zero attached hydrogens (tertiary/aromatic N) is 1. The first-order chi connectivity index (χ1) is 6.52. The number of hydrogen-bond donors (Lipinski definition) is 0. The average molecular weight is 215 g/mol. The van der Waals surface area contributed by atoms with Gasteiger partial charge < -0.3 is 9.64 Å². The second kappa shape index (κ2) is 4.21. The van der Waals surface area contributed by atoms with Crippen LogP contribution in [-0.4, -0.2) is 36.5 Å². The molecule has 4 nitrogen and oxygen atoms in total. The van der Waals surface area contributed by atoms with Crippen LogP contribution in [0.4, 0.5) is 4.79 Å². The monoisotopic (exact) mass is 215 g/mol. The van der Waals surface area contributed by atoms with E-state index in [-0.39, 0.29) is 5.78 Å². The summed E-state index contributed by atoms with van der Waals surface area (Å²) in [6.45, 7) is 8.71. The summed E-state index contributed by atoms with van der Waals surface area (Å²) in [6.07, 6.45) is -0.498. The Morgan fingerprint density at radius 3 is 1.67 bits per heavy atom. The molecule has 15 heavy (non-hydrogen) atoms. The second-order valence-corrected chi connectivity index (χ2v) is 5.10. The highest BCUT2D eigenvalue weighted by Crippen LogP contribution is 2.34. The molecular formula is C11H21NO3. The quantitative estimate of drug-likeness (QED) is 0.708. The van der Waals surface area contributed by atoms with Gasteiger partial charge in [-0.2, -0.15) is 0 Å². The van der Waals surface area contributed by atoms with Crippen LogP contribution in [0, 0.1) is 5.41 Å². The Bertz CT molecular complexity index is 265. The summed E-state index contributed by atoms with van der Waals surface area (Å²) in [7, 11) is 3.18. The first kappa shape index (κ1) is 13.9. The fourth-order valence-electron chi connectivity index (χ4n) is 1.02. The van der Waals surface area contributed by atoms with Crippen molar-refractivity contribution < 1.29 is 14.3 Å². The molecule has 1 atom stereocenters. The van der Waals surface area contributed by atoms with Crippen molar-refractivity contribution in [2.24, 2.45) is 5.41 Å². The molecule has 0 aromatic carbocycles. The molecule has 0 spiro atoms. The van der Waals surface area contributed by atoms with Crippen molar-refractivity contribution in [3.63, 3.8) is 0 Å². The molecule has 0 bridgehead atoms. The van der Waals surface area contributed by atoms with Gasteiger partial charge >= 0.3 is 6.09 Å². The van der Waals surface area contributed by atoms with Crippen molar-refractivity contribution in [1.82, 2.24) is 4.90 Å². The zero-order valence-corrected chi connectivity index (χ0v) is 10.7. The highest BCUT2D eigenvalue weighted by atomic mass is 16.6. The molecule has 0 aliphatic heterocycles. The molecule has 1 amide bonds. The van der Waals surface area contributed by atoms with Gasteiger partial charge in [-0.15, -0.1) is 0 Å². The zero-order valence-electron chi connectivity index (χ0n) is 10.7. The summed E-state index contributed by atoms with van der Waals surface area (Å²) in [4.78, 5) is 24.3. The van der Waals surface area contributed by atoms with Gasteiger partial charge in [0.2, 0.25) is 0 Å². The number of amides is 1. The molecule has 1 unspecified atom stereocenters. The van der Waals surface area contributed by atoms with Crippen LogP contribution in [0.15, 0.2) is 0 Å². The van der Waals surface area contributed by atoms with Crippen molar-refractivity contribution in [2.75, 3.05) is 14.1 Å². The largest absolute Gasteiger partial charge is 0.435 e. The number of ketones is 1. The Morgan fingerprint density at radius 2 is 1.47 bits per heavy atom. The molecule has 0 heterocycles. The third kappa shape index (κ3) is 2.94. The summed E-state index contributed by atoms with van der Waals surface area (Å²) >= 11 is 0. The van der Waals surface area contributed by atoms with E-state index in [2.05, 4.69) is 0 Å². The third-order valence-corrected chi connectivity index (χ3v) is 2.76. The van der Waals surface area contributed by atoms with Crippen LogP contribution in [0.25, 0.3) is 0 Å². The second-order valence-electron chi connectivity index (χ2n) is 5.10. The molecule has 0 N–H and O–H groups in total. The van der Waals surface area contributed by atoms with Crippen LogP contribution in [0.1, 0.15) is 34.6 Å². The van der Waals surface area contributed by atoms with Crippen LogP contribution in [0.2, 0.25) is 0 Å². The molecule has 4 heteroatoms. The van der Waals surface area contributed by atoms with Crippen LogP contribution in [-0.2, 0) is 9.53 Å². The number of carbonyl (C=O) groups is 2. The molecule has 0 rings (SSSR count). The molecular weight excluding hydrogens is 194 g/mol. The van der Waals surface area contributed by atoms with Gasteiger partial charge in [0.25, 0.3) is 0 Å². The highest BCUT2D eigenvalue weighted by Gasteiger charge is 2.45. The van der Waals surface area contributed by atoms with E-state index in [0.717, 1.165) is 0 Å². The predicted molar refractivity (Wildman–Crippen MR) is 58.7 cm³/mol. The van der Waals surface area contributed by atoms with Crippen molar-refractivity contribution in [3.8, 4) is 0 Å². The third-order valence-electron chi connectivity index (χ3n) is 2.76. The summed E-state index contributed by atoms with van der Waals surface area (Å²) in [5.41, 5.74) is -1.52. The number of carbonyl (C=O) groups excluding carboxylic acids is 2.